The van der Waals surface area contributed by atoms with Crippen LogP contribution in [0.5, 0.6) is 0 Å². The van der Waals surface area contributed by atoms with E-state index in [0.717, 1.165) is 44.9 Å². The van der Waals surface area contributed by atoms with E-state index in [1.54, 1.807) is 55.3 Å². The summed E-state index contributed by atoms with van der Waals surface area (Å²) < 4.78 is 0. The van der Waals surface area contributed by atoms with Gasteiger partial charge >= 0.3 is 0 Å². The van der Waals surface area contributed by atoms with Crippen LogP contribution in [0.1, 0.15) is 114 Å². The maximum absolute atomic E-state index is 4.06. The summed E-state index contributed by atoms with van der Waals surface area (Å²) in [7, 11) is 0. The molecule has 1 heterocycles. The normalized spacial score (nSPS) is 12.5. The molecular formula is C30H45N. The third kappa shape index (κ3) is 3.53. The smallest absolute Gasteiger partial charge is 0.0503 e. The van der Waals surface area contributed by atoms with Crippen molar-refractivity contribution in [1.82, 2.24) is 4.98 Å². The molecule has 3 aromatic rings. The Morgan fingerprint density at radius 1 is 0.452 bits per heavy atom. The van der Waals surface area contributed by atoms with Crippen molar-refractivity contribution in [1.29, 1.82) is 0 Å². The summed E-state index contributed by atoms with van der Waals surface area (Å²) in [5, 5.41) is 3.09. The molecule has 0 bridgehead atoms. The minimum Gasteiger partial charge on any atom is -0.354 e. The molecule has 0 fully saturated rings. The zero-order valence-corrected chi connectivity index (χ0v) is 21.9. The third-order valence-corrected chi connectivity index (χ3v) is 7.49. The van der Waals surface area contributed by atoms with Crippen LogP contribution in [0.25, 0.3) is 21.8 Å². The Bertz CT molecular complexity index is 1100. The number of hydrogen-bond donors (Lipinski definition) is 1. The van der Waals surface area contributed by atoms with Crippen LogP contribution < -0.4 is 0 Å². The zero-order chi connectivity index (χ0) is 23.1. The van der Waals surface area contributed by atoms with E-state index in [0.29, 0.717) is 0 Å². The first-order valence-electron chi connectivity index (χ1n) is 12.9. The van der Waals surface area contributed by atoms with Gasteiger partial charge in [-0.1, -0.05) is 69.2 Å². The fourth-order valence-corrected chi connectivity index (χ4v) is 6.50. The fraction of sp³-hybridized carbons (Fsp3) is 0.600. The van der Waals surface area contributed by atoms with E-state index >= 15 is 0 Å². The summed E-state index contributed by atoms with van der Waals surface area (Å²) in [6.45, 7) is 23.6. The summed E-state index contributed by atoms with van der Waals surface area (Å²) in [6, 6.07) is 0. The lowest BCUT2D eigenvalue weighted by Crippen LogP contribution is -2.19. The topological polar surface area (TPSA) is 15.8 Å². The standard InChI is InChI=1S/C30H45N/c1-11-18-19(12-2)23(16-6)28-25(20(18)13-3)26-21(14-4)22(15-5)27(30(8,9)10)24(17-7)29(26)31-28/h31H,11-17H2,1-10H3. The first-order chi connectivity index (χ1) is 14.7. The Labute approximate surface area is 191 Å². The van der Waals surface area contributed by atoms with E-state index in [-0.39, 0.29) is 5.41 Å². The number of aryl methyl sites for hydroxylation is 4. The Morgan fingerprint density at radius 2 is 0.806 bits per heavy atom. The molecule has 0 amide bonds. The Kier molecular flexibility index (Phi) is 6.94. The molecule has 31 heavy (non-hydrogen) atoms. The zero-order valence-electron chi connectivity index (χ0n) is 21.9. The van der Waals surface area contributed by atoms with E-state index < -0.39 is 0 Å². The highest BCUT2D eigenvalue weighted by Gasteiger charge is 2.29. The molecule has 0 saturated heterocycles. The molecule has 170 valence electrons. The summed E-state index contributed by atoms with van der Waals surface area (Å²) >= 11 is 0. The van der Waals surface area contributed by atoms with E-state index in [1.165, 1.54) is 11.0 Å². The number of benzene rings is 2. The molecule has 0 aliphatic heterocycles. The maximum atomic E-state index is 4.06. The van der Waals surface area contributed by atoms with Gasteiger partial charge in [-0.05, 0) is 94.9 Å². The Morgan fingerprint density at radius 3 is 1.19 bits per heavy atom. The van der Waals surface area contributed by atoms with Crippen LogP contribution in [0.15, 0.2) is 0 Å². The quantitative estimate of drug-likeness (QED) is 0.395. The van der Waals surface area contributed by atoms with Gasteiger partial charge in [-0.25, -0.2) is 0 Å². The summed E-state index contributed by atoms with van der Waals surface area (Å²) in [5.74, 6) is 0. The number of fused-ring (bicyclic) bond motifs is 3. The van der Waals surface area contributed by atoms with Gasteiger partial charge in [0.15, 0.2) is 0 Å². The van der Waals surface area contributed by atoms with Crippen LogP contribution in [0, 0.1) is 0 Å². The van der Waals surface area contributed by atoms with Crippen LogP contribution in [-0.4, -0.2) is 4.98 Å². The number of aromatic amines is 1. The molecule has 1 N–H and O–H groups in total. The van der Waals surface area contributed by atoms with Gasteiger partial charge in [0.25, 0.3) is 0 Å². The van der Waals surface area contributed by atoms with Gasteiger partial charge in [0.2, 0.25) is 0 Å². The van der Waals surface area contributed by atoms with Gasteiger partial charge in [0, 0.05) is 10.8 Å². The molecule has 0 unspecified atom stereocenters. The molecule has 0 aliphatic rings. The van der Waals surface area contributed by atoms with Gasteiger partial charge in [0.1, 0.15) is 0 Å². The number of aromatic nitrogens is 1. The Hall–Kier alpha value is -1.76. The number of H-pyrrole nitrogens is 1. The number of hydrogen-bond acceptors (Lipinski definition) is 0. The molecule has 1 aromatic heterocycles. The molecule has 0 spiro atoms. The summed E-state index contributed by atoms with van der Waals surface area (Å²) in [5.41, 5.74) is 15.7. The largest absolute Gasteiger partial charge is 0.354 e. The Balaban J connectivity index is 2.76. The second kappa shape index (κ2) is 9.00. The van der Waals surface area contributed by atoms with Crippen LogP contribution in [0.2, 0.25) is 0 Å². The minimum absolute atomic E-state index is 0.149. The summed E-state index contributed by atoms with van der Waals surface area (Å²) in [6.07, 6.45) is 7.75. The highest BCUT2D eigenvalue weighted by Crippen LogP contribution is 2.44. The van der Waals surface area contributed by atoms with Crippen molar-refractivity contribution < 1.29 is 0 Å². The lowest BCUT2D eigenvalue weighted by atomic mass is 9.75. The third-order valence-electron chi connectivity index (χ3n) is 7.49. The highest BCUT2D eigenvalue weighted by atomic mass is 14.7. The van der Waals surface area contributed by atoms with Crippen molar-refractivity contribution in [3.63, 3.8) is 0 Å². The van der Waals surface area contributed by atoms with E-state index in [4.69, 9.17) is 0 Å². The second-order valence-corrected chi connectivity index (χ2v) is 10.1. The molecule has 0 radical (unpaired) electrons. The minimum atomic E-state index is 0.149. The molecule has 2 aromatic carbocycles. The second-order valence-electron chi connectivity index (χ2n) is 10.1. The van der Waals surface area contributed by atoms with Gasteiger partial charge in [0.05, 0.1) is 11.0 Å². The van der Waals surface area contributed by atoms with E-state index in [1.807, 2.05) is 0 Å². The van der Waals surface area contributed by atoms with Crippen molar-refractivity contribution in [2.75, 3.05) is 0 Å². The molecule has 0 aliphatic carbocycles. The van der Waals surface area contributed by atoms with Gasteiger partial charge < -0.3 is 4.98 Å². The molecule has 0 atom stereocenters. The van der Waals surface area contributed by atoms with Crippen molar-refractivity contribution in [3.05, 3.63) is 44.5 Å². The monoisotopic (exact) mass is 419 g/mol. The molecule has 0 saturated carbocycles. The lowest BCUT2D eigenvalue weighted by molar-refractivity contribution is 0.576. The van der Waals surface area contributed by atoms with Gasteiger partial charge in [-0.3, -0.25) is 0 Å². The first kappa shape index (κ1) is 23.9. The van der Waals surface area contributed by atoms with Gasteiger partial charge in [-0.15, -0.1) is 0 Å². The van der Waals surface area contributed by atoms with Gasteiger partial charge in [-0.2, -0.15) is 0 Å². The average Bonchev–Trinajstić information content (AvgIpc) is 3.14. The lowest BCUT2D eigenvalue weighted by Gasteiger charge is -2.29. The molecular weight excluding hydrogens is 374 g/mol. The SMILES string of the molecule is CCc1c(CC)c(CC)c2c([nH]c3c(CC)c(C(C)(C)C)c(CC)c(CC)c32)c1CC. The van der Waals surface area contributed by atoms with Crippen molar-refractivity contribution in [2.24, 2.45) is 0 Å². The van der Waals surface area contributed by atoms with Crippen molar-refractivity contribution in [2.45, 2.75) is 120 Å². The maximum Gasteiger partial charge on any atom is 0.0503 e. The highest BCUT2D eigenvalue weighted by molar-refractivity contribution is 6.14. The predicted octanol–water partition coefficient (Wildman–Crippen LogP) is 8.56. The molecule has 3 rings (SSSR count). The van der Waals surface area contributed by atoms with Crippen LogP contribution >= 0.6 is 0 Å². The van der Waals surface area contributed by atoms with Crippen molar-refractivity contribution >= 4 is 21.8 Å². The first-order valence-corrected chi connectivity index (χ1v) is 12.9. The summed E-state index contributed by atoms with van der Waals surface area (Å²) in [4.78, 5) is 4.06. The predicted molar refractivity (Wildman–Crippen MR) is 140 cm³/mol. The molecule has 1 heteroatoms. The fourth-order valence-electron chi connectivity index (χ4n) is 6.50. The van der Waals surface area contributed by atoms with E-state index in [9.17, 15) is 0 Å². The van der Waals surface area contributed by atoms with Crippen LogP contribution in [0.3, 0.4) is 0 Å². The van der Waals surface area contributed by atoms with Crippen molar-refractivity contribution in [3.8, 4) is 0 Å². The van der Waals surface area contributed by atoms with E-state index in [2.05, 4.69) is 74.2 Å². The van der Waals surface area contributed by atoms with Crippen LogP contribution in [0.4, 0.5) is 0 Å². The molecule has 1 nitrogen and oxygen atoms in total. The average molecular weight is 420 g/mol. The van der Waals surface area contributed by atoms with Crippen LogP contribution in [-0.2, 0) is 50.4 Å². The number of nitrogens with one attached hydrogen (secondary N) is 1. The number of rotatable bonds is 7.